The molecule has 0 saturated heterocycles. The van der Waals surface area contributed by atoms with Crippen molar-refractivity contribution >= 4 is 11.6 Å². The van der Waals surface area contributed by atoms with Gasteiger partial charge in [-0.15, -0.1) is 0 Å². The van der Waals surface area contributed by atoms with Crippen LogP contribution in [0.3, 0.4) is 0 Å². The molecule has 0 amide bonds. The van der Waals surface area contributed by atoms with Gasteiger partial charge in [0.25, 0.3) is 0 Å². The number of rotatable bonds is 6. The topological polar surface area (TPSA) is 35.3 Å². The van der Waals surface area contributed by atoms with E-state index in [0.29, 0.717) is 35.3 Å². The highest BCUT2D eigenvalue weighted by Gasteiger charge is 2.29. The Morgan fingerprint density at radius 2 is 1.75 bits per heavy atom. The fraction of sp³-hybridized carbons (Fsp3) is 0.286. The summed E-state index contributed by atoms with van der Waals surface area (Å²) in [5.74, 6) is 1.77. The number of aryl methyl sites for hydroxylation is 4. The second kappa shape index (κ2) is 8.27. The third-order valence-corrected chi connectivity index (χ3v) is 4.77. The Morgan fingerprint density at radius 1 is 1.04 bits per heavy atom. The normalized spacial score (nSPS) is 11.6. The minimum absolute atomic E-state index is 0.221. The molecule has 0 N–H and O–H groups in total. The molecule has 148 valence electrons. The number of aromatic nitrogens is 1. The van der Waals surface area contributed by atoms with Gasteiger partial charge in [-0.2, -0.15) is 13.2 Å². The number of alkyl halides is 3. The number of hydrogen-bond donors (Lipinski definition) is 0. The molecular formula is C21H19ClF3NO2. The number of benzene rings is 2. The van der Waals surface area contributed by atoms with Gasteiger partial charge in [0.15, 0.2) is 11.7 Å². The van der Waals surface area contributed by atoms with Gasteiger partial charge in [0, 0.05) is 11.4 Å². The summed E-state index contributed by atoms with van der Waals surface area (Å²) in [6, 6.07) is 10.6. The van der Waals surface area contributed by atoms with E-state index in [2.05, 4.69) is 4.98 Å². The van der Waals surface area contributed by atoms with Crippen LogP contribution in [-0.4, -0.2) is 4.98 Å². The first kappa shape index (κ1) is 20.3. The van der Waals surface area contributed by atoms with E-state index in [9.17, 15) is 13.2 Å². The van der Waals surface area contributed by atoms with Crippen LogP contribution in [0.4, 0.5) is 13.2 Å². The molecule has 0 radical (unpaired) electrons. The van der Waals surface area contributed by atoms with Crippen molar-refractivity contribution in [1.82, 2.24) is 4.98 Å². The van der Waals surface area contributed by atoms with E-state index in [1.807, 2.05) is 26.0 Å². The lowest BCUT2D eigenvalue weighted by molar-refractivity contribution is -0.137. The molecule has 0 bridgehead atoms. The number of nitrogens with zero attached hydrogens (tertiary/aromatic N) is 1. The molecule has 7 heteroatoms. The first-order valence-corrected chi connectivity index (χ1v) is 9.10. The molecule has 0 saturated carbocycles. The molecule has 3 rings (SSSR count). The number of oxazole rings is 1. The third-order valence-electron chi connectivity index (χ3n) is 4.36. The summed E-state index contributed by atoms with van der Waals surface area (Å²) in [5.41, 5.74) is 1.82. The predicted molar refractivity (Wildman–Crippen MR) is 101 cm³/mol. The van der Waals surface area contributed by atoms with Gasteiger partial charge in [-0.1, -0.05) is 29.8 Å². The van der Waals surface area contributed by atoms with Gasteiger partial charge in [0.2, 0.25) is 0 Å². The molecule has 0 aliphatic heterocycles. The number of hydrogen-bond acceptors (Lipinski definition) is 3. The molecule has 1 aromatic heterocycles. The molecule has 0 aliphatic rings. The Balaban J connectivity index is 1.58. The molecule has 2 aromatic carbocycles. The maximum absolute atomic E-state index is 12.6. The van der Waals surface area contributed by atoms with Crippen molar-refractivity contribution in [2.45, 2.75) is 39.5 Å². The quantitative estimate of drug-likeness (QED) is 0.477. The van der Waals surface area contributed by atoms with E-state index in [-0.39, 0.29) is 6.61 Å². The fourth-order valence-corrected chi connectivity index (χ4v) is 2.82. The monoisotopic (exact) mass is 409 g/mol. The predicted octanol–water partition coefficient (Wildman–Crippen LogP) is 6.33. The van der Waals surface area contributed by atoms with Crippen LogP contribution in [-0.2, 0) is 25.6 Å². The smallest absolute Gasteiger partial charge is 0.416 e. The molecule has 3 nitrogen and oxygen atoms in total. The highest BCUT2D eigenvalue weighted by Crippen LogP contribution is 2.29. The van der Waals surface area contributed by atoms with Gasteiger partial charge < -0.3 is 9.15 Å². The summed E-state index contributed by atoms with van der Waals surface area (Å²) in [6.07, 6.45) is -3.30. The Labute approximate surface area is 166 Å². The van der Waals surface area contributed by atoms with Crippen molar-refractivity contribution in [3.63, 3.8) is 0 Å². The molecule has 0 aliphatic carbocycles. The van der Waals surface area contributed by atoms with Gasteiger partial charge in [0.05, 0.1) is 11.3 Å². The van der Waals surface area contributed by atoms with Crippen LogP contribution in [0.5, 0.6) is 5.75 Å². The SMILES string of the molecule is Cc1ccc(OCc2oc(CCc3ccc(C(F)(F)F)cc3)nc2C)cc1Cl. The maximum atomic E-state index is 12.6. The van der Waals surface area contributed by atoms with Gasteiger partial charge in [-0.05, 0) is 55.7 Å². The zero-order chi connectivity index (χ0) is 20.3. The first-order valence-electron chi connectivity index (χ1n) is 8.72. The van der Waals surface area contributed by atoms with Crippen molar-refractivity contribution in [3.05, 3.63) is 81.5 Å². The molecule has 28 heavy (non-hydrogen) atoms. The second-order valence-corrected chi connectivity index (χ2v) is 6.92. The summed E-state index contributed by atoms with van der Waals surface area (Å²) < 4.78 is 49.3. The van der Waals surface area contributed by atoms with E-state index >= 15 is 0 Å². The van der Waals surface area contributed by atoms with Crippen molar-refractivity contribution in [2.24, 2.45) is 0 Å². The Bertz CT molecular complexity index is 949. The van der Waals surface area contributed by atoms with Crippen LogP contribution in [0.2, 0.25) is 5.02 Å². The van der Waals surface area contributed by atoms with Gasteiger partial charge in [-0.3, -0.25) is 0 Å². The van der Waals surface area contributed by atoms with Gasteiger partial charge in [0.1, 0.15) is 12.4 Å². The third kappa shape index (κ3) is 5.07. The summed E-state index contributed by atoms with van der Waals surface area (Å²) in [5, 5.41) is 0.629. The van der Waals surface area contributed by atoms with E-state index in [4.69, 9.17) is 20.8 Å². The summed E-state index contributed by atoms with van der Waals surface area (Å²) >= 11 is 6.09. The van der Waals surface area contributed by atoms with E-state index in [0.717, 1.165) is 29.0 Å². The van der Waals surface area contributed by atoms with Crippen LogP contribution in [0.1, 0.15) is 34.0 Å². The second-order valence-electron chi connectivity index (χ2n) is 6.51. The summed E-state index contributed by atoms with van der Waals surface area (Å²) in [4.78, 5) is 4.37. The van der Waals surface area contributed by atoms with Crippen molar-refractivity contribution in [3.8, 4) is 5.75 Å². The zero-order valence-corrected chi connectivity index (χ0v) is 16.2. The fourth-order valence-electron chi connectivity index (χ4n) is 2.65. The Kier molecular flexibility index (Phi) is 5.98. The number of ether oxygens (including phenoxy) is 1. The standard InChI is InChI=1S/C21H19ClF3NO2/c1-13-3-9-17(11-18(13)22)27-12-19-14(2)26-20(28-19)10-6-15-4-7-16(8-5-15)21(23,24)25/h3-5,7-9,11H,6,10,12H2,1-2H3. The van der Waals surface area contributed by atoms with Crippen LogP contribution < -0.4 is 4.74 Å². The average Bonchev–Trinajstić information content (AvgIpc) is 3.00. The Morgan fingerprint density at radius 3 is 2.39 bits per heavy atom. The minimum Gasteiger partial charge on any atom is -0.486 e. The van der Waals surface area contributed by atoms with Crippen molar-refractivity contribution in [1.29, 1.82) is 0 Å². The van der Waals surface area contributed by atoms with Crippen LogP contribution in [0.25, 0.3) is 0 Å². The highest BCUT2D eigenvalue weighted by atomic mass is 35.5. The molecule has 3 aromatic rings. The van der Waals surface area contributed by atoms with Gasteiger partial charge in [-0.25, -0.2) is 4.98 Å². The van der Waals surface area contributed by atoms with Crippen molar-refractivity contribution < 1.29 is 22.3 Å². The van der Waals surface area contributed by atoms with Crippen LogP contribution >= 0.6 is 11.6 Å². The first-order chi connectivity index (χ1) is 13.2. The zero-order valence-electron chi connectivity index (χ0n) is 15.4. The van der Waals surface area contributed by atoms with E-state index in [1.165, 1.54) is 12.1 Å². The number of halogens is 4. The lowest BCUT2D eigenvalue weighted by Gasteiger charge is -2.07. The lowest BCUT2D eigenvalue weighted by atomic mass is 10.1. The van der Waals surface area contributed by atoms with E-state index < -0.39 is 11.7 Å². The molecule has 0 unspecified atom stereocenters. The molecule has 0 fully saturated rings. The largest absolute Gasteiger partial charge is 0.486 e. The average molecular weight is 410 g/mol. The molecule has 0 spiro atoms. The Hall–Kier alpha value is -2.47. The summed E-state index contributed by atoms with van der Waals surface area (Å²) in [6.45, 7) is 3.96. The lowest BCUT2D eigenvalue weighted by Crippen LogP contribution is -2.04. The maximum Gasteiger partial charge on any atom is 0.416 e. The molecule has 1 heterocycles. The molecular weight excluding hydrogens is 391 g/mol. The minimum atomic E-state index is -4.32. The van der Waals surface area contributed by atoms with Crippen LogP contribution in [0, 0.1) is 13.8 Å². The van der Waals surface area contributed by atoms with Crippen molar-refractivity contribution in [2.75, 3.05) is 0 Å². The van der Waals surface area contributed by atoms with Gasteiger partial charge >= 0.3 is 6.18 Å². The summed E-state index contributed by atoms with van der Waals surface area (Å²) in [7, 11) is 0. The van der Waals surface area contributed by atoms with E-state index in [1.54, 1.807) is 6.07 Å². The van der Waals surface area contributed by atoms with Crippen LogP contribution in [0.15, 0.2) is 46.9 Å². The molecule has 0 atom stereocenters. The highest BCUT2D eigenvalue weighted by molar-refractivity contribution is 6.31.